The lowest BCUT2D eigenvalue weighted by molar-refractivity contribution is -0.114. The summed E-state index contributed by atoms with van der Waals surface area (Å²) in [6, 6.07) is 13.8. The average Bonchev–Trinajstić information content (AvgIpc) is 2.84. The maximum Gasteiger partial charge on any atom is 0.254 e. The summed E-state index contributed by atoms with van der Waals surface area (Å²) < 4.78 is 5.39. The van der Waals surface area contributed by atoms with Crippen LogP contribution in [0.2, 0.25) is 0 Å². The third-order valence-corrected chi connectivity index (χ3v) is 6.50. The van der Waals surface area contributed by atoms with E-state index in [-0.39, 0.29) is 24.4 Å². The second-order valence-corrected chi connectivity index (χ2v) is 8.92. The Labute approximate surface area is 196 Å². The average molecular weight is 451 g/mol. The van der Waals surface area contributed by atoms with E-state index in [1.54, 1.807) is 0 Å². The van der Waals surface area contributed by atoms with Gasteiger partial charge in [0, 0.05) is 48.3 Å². The maximum atomic E-state index is 12.9. The molecule has 2 N–H and O–H groups in total. The molecule has 1 atom stereocenters. The third-order valence-electron chi connectivity index (χ3n) is 6.50. The summed E-state index contributed by atoms with van der Waals surface area (Å²) in [5, 5.41) is 6.13. The number of anilines is 3. The first-order chi connectivity index (χ1) is 16.0. The molecule has 2 fully saturated rings. The van der Waals surface area contributed by atoms with Gasteiger partial charge < -0.3 is 25.2 Å². The number of carbonyl (C=O) groups is 2. The highest BCUT2D eigenvalue weighted by molar-refractivity contribution is 5.96. The van der Waals surface area contributed by atoms with Crippen molar-refractivity contribution in [1.29, 1.82) is 0 Å². The van der Waals surface area contributed by atoms with E-state index in [1.807, 2.05) is 54.3 Å². The van der Waals surface area contributed by atoms with E-state index in [0.29, 0.717) is 5.56 Å². The second kappa shape index (κ2) is 10.7. The van der Waals surface area contributed by atoms with Crippen LogP contribution in [0.1, 0.15) is 42.1 Å². The Morgan fingerprint density at radius 3 is 2.48 bits per heavy atom. The molecule has 1 unspecified atom stereocenters. The summed E-state index contributed by atoms with van der Waals surface area (Å²) in [7, 11) is 0. The van der Waals surface area contributed by atoms with E-state index < -0.39 is 0 Å². The first-order valence-electron chi connectivity index (χ1n) is 11.9. The van der Waals surface area contributed by atoms with Crippen LogP contribution < -0.4 is 15.5 Å². The molecule has 4 rings (SSSR count). The van der Waals surface area contributed by atoms with Gasteiger partial charge in [-0.2, -0.15) is 0 Å². The van der Waals surface area contributed by atoms with Gasteiger partial charge in [0.2, 0.25) is 5.91 Å². The van der Waals surface area contributed by atoms with Crippen LogP contribution >= 0.6 is 0 Å². The van der Waals surface area contributed by atoms with E-state index in [9.17, 15) is 9.59 Å². The molecule has 0 aliphatic carbocycles. The van der Waals surface area contributed by atoms with Gasteiger partial charge in [-0.15, -0.1) is 0 Å². The molecule has 0 bridgehead atoms. The Hall–Kier alpha value is -3.06. The number of ether oxygens (including phenoxy) is 1. The lowest BCUT2D eigenvalue weighted by Gasteiger charge is -2.33. The first kappa shape index (κ1) is 23.1. The zero-order valence-electron chi connectivity index (χ0n) is 19.6. The minimum atomic E-state index is -0.115. The van der Waals surface area contributed by atoms with Crippen LogP contribution in [0.5, 0.6) is 0 Å². The highest BCUT2D eigenvalue weighted by Crippen LogP contribution is 2.23. The number of nitrogens with one attached hydrogen (secondary N) is 2. The van der Waals surface area contributed by atoms with Gasteiger partial charge >= 0.3 is 0 Å². The van der Waals surface area contributed by atoms with Crippen LogP contribution in [0.4, 0.5) is 17.1 Å². The Morgan fingerprint density at radius 2 is 1.79 bits per heavy atom. The Morgan fingerprint density at radius 1 is 1.03 bits per heavy atom. The number of rotatable bonds is 6. The van der Waals surface area contributed by atoms with E-state index in [1.165, 1.54) is 6.42 Å². The lowest BCUT2D eigenvalue weighted by atomic mass is 10.0. The Kier molecular flexibility index (Phi) is 7.50. The highest BCUT2D eigenvalue weighted by Gasteiger charge is 2.24. The van der Waals surface area contributed by atoms with Crippen LogP contribution in [0.3, 0.4) is 0 Å². The number of likely N-dealkylation sites (tertiary alicyclic amines) is 1. The number of hydrogen-bond acceptors (Lipinski definition) is 5. The predicted molar refractivity (Wildman–Crippen MR) is 132 cm³/mol. The smallest absolute Gasteiger partial charge is 0.254 e. The van der Waals surface area contributed by atoms with Crippen molar-refractivity contribution in [3.63, 3.8) is 0 Å². The largest absolute Gasteiger partial charge is 0.378 e. The number of benzene rings is 2. The molecule has 2 saturated heterocycles. The fraction of sp³-hybridized carbons (Fsp3) is 0.462. The predicted octanol–water partition coefficient (Wildman–Crippen LogP) is 3.90. The van der Waals surface area contributed by atoms with E-state index in [4.69, 9.17) is 4.74 Å². The first-order valence-corrected chi connectivity index (χ1v) is 11.9. The zero-order chi connectivity index (χ0) is 23.2. The molecule has 176 valence electrons. The van der Waals surface area contributed by atoms with Gasteiger partial charge in [-0.05, 0) is 81.1 Å². The number of morpholine rings is 1. The minimum absolute atomic E-state index is 0.0927. The number of nitrogens with zero attached hydrogens (tertiary/aromatic N) is 2. The molecule has 2 aliphatic heterocycles. The Bertz CT molecular complexity index is 970. The van der Waals surface area contributed by atoms with Crippen molar-refractivity contribution in [3.05, 3.63) is 53.6 Å². The molecule has 33 heavy (non-hydrogen) atoms. The molecule has 7 heteroatoms. The molecule has 7 nitrogen and oxygen atoms in total. The van der Waals surface area contributed by atoms with Gasteiger partial charge in [0.05, 0.1) is 19.8 Å². The number of aryl methyl sites for hydroxylation is 1. The summed E-state index contributed by atoms with van der Waals surface area (Å²) >= 11 is 0. The van der Waals surface area contributed by atoms with Gasteiger partial charge in [-0.3, -0.25) is 9.59 Å². The zero-order valence-corrected chi connectivity index (χ0v) is 19.6. The van der Waals surface area contributed by atoms with Crippen molar-refractivity contribution in [3.8, 4) is 0 Å². The summed E-state index contributed by atoms with van der Waals surface area (Å²) in [6.07, 6.45) is 3.32. The van der Waals surface area contributed by atoms with Crippen molar-refractivity contribution in [2.45, 2.75) is 39.2 Å². The fourth-order valence-electron chi connectivity index (χ4n) is 4.52. The molecular formula is C26H34N4O3. The van der Waals surface area contributed by atoms with Gasteiger partial charge in [0.25, 0.3) is 5.91 Å². The van der Waals surface area contributed by atoms with Gasteiger partial charge in [0.15, 0.2) is 0 Å². The van der Waals surface area contributed by atoms with Crippen molar-refractivity contribution in [2.24, 2.45) is 0 Å². The summed E-state index contributed by atoms with van der Waals surface area (Å²) in [4.78, 5) is 29.6. The molecule has 2 heterocycles. The van der Waals surface area contributed by atoms with Crippen LogP contribution in [0, 0.1) is 6.92 Å². The SMILES string of the molecule is Cc1cc(C(=O)N2CCCCC2C)ccc1NCC(=O)Nc1ccc(N2CCOCC2)cc1. The highest BCUT2D eigenvalue weighted by atomic mass is 16.5. The molecular weight excluding hydrogens is 416 g/mol. The van der Waals surface area contributed by atoms with Gasteiger partial charge in [0.1, 0.15) is 0 Å². The van der Waals surface area contributed by atoms with Crippen molar-refractivity contribution >= 4 is 28.9 Å². The maximum absolute atomic E-state index is 12.9. The van der Waals surface area contributed by atoms with Crippen molar-refractivity contribution in [2.75, 3.05) is 54.9 Å². The van der Waals surface area contributed by atoms with E-state index >= 15 is 0 Å². The number of carbonyl (C=O) groups excluding carboxylic acids is 2. The van der Waals surface area contributed by atoms with Crippen LogP contribution in [-0.4, -0.2) is 62.1 Å². The molecule has 0 spiro atoms. The molecule has 2 aliphatic rings. The molecule has 0 saturated carbocycles. The van der Waals surface area contributed by atoms with Gasteiger partial charge in [-0.25, -0.2) is 0 Å². The third kappa shape index (κ3) is 5.85. The summed E-state index contributed by atoms with van der Waals surface area (Å²) in [5.74, 6) is -0.0223. The van der Waals surface area contributed by atoms with Crippen molar-refractivity contribution < 1.29 is 14.3 Å². The quantitative estimate of drug-likeness (QED) is 0.698. The summed E-state index contributed by atoms with van der Waals surface area (Å²) in [5.41, 5.74) is 4.42. The molecule has 2 amide bonds. The standard InChI is InChI=1S/C26H34N4O3/c1-19-17-21(26(32)30-12-4-3-5-20(30)2)6-11-24(19)27-18-25(31)28-22-7-9-23(10-8-22)29-13-15-33-16-14-29/h6-11,17,20,27H,3-5,12-16,18H2,1-2H3,(H,28,31). The number of piperidine rings is 1. The number of amides is 2. The molecule has 2 aromatic carbocycles. The molecule has 2 aromatic rings. The normalized spacial score (nSPS) is 18.7. The molecule has 0 radical (unpaired) electrons. The minimum Gasteiger partial charge on any atom is -0.378 e. The van der Waals surface area contributed by atoms with Crippen molar-refractivity contribution in [1.82, 2.24) is 4.90 Å². The topological polar surface area (TPSA) is 73.9 Å². The molecule has 0 aromatic heterocycles. The van der Waals surface area contributed by atoms with Crippen LogP contribution in [-0.2, 0) is 9.53 Å². The number of hydrogen-bond donors (Lipinski definition) is 2. The van der Waals surface area contributed by atoms with E-state index in [0.717, 1.165) is 68.3 Å². The fourth-order valence-corrected chi connectivity index (χ4v) is 4.52. The van der Waals surface area contributed by atoms with Crippen LogP contribution in [0.25, 0.3) is 0 Å². The van der Waals surface area contributed by atoms with E-state index in [2.05, 4.69) is 22.5 Å². The second-order valence-electron chi connectivity index (χ2n) is 8.92. The van der Waals surface area contributed by atoms with Crippen LogP contribution in [0.15, 0.2) is 42.5 Å². The monoisotopic (exact) mass is 450 g/mol. The lowest BCUT2D eigenvalue weighted by Crippen LogP contribution is -2.42. The van der Waals surface area contributed by atoms with Gasteiger partial charge in [-0.1, -0.05) is 0 Å². The Balaban J connectivity index is 1.29. The summed E-state index contributed by atoms with van der Waals surface area (Å²) in [6.45, 7) is 8.32.